The number of methoxy groups -OCH3 is 1. The van der Waals surface area contributed by atoms with Crippen LogP contribution in [-0.2, 0) is 11.3 Å². The predicted molar refractivity (Wildman–Crippen MR) is 79.8 cm³/mol. The van der Waals surface area contributed by atoms with Gasteiger partial charge in [0.15, 0.2) is 0 Å². The summed E-state index contributed by atoms with van der Waals surface area (Å²) in [6.07, 6.45) is 3.36. The summed E-state index contributed by atoms with van der Waals surface area (Å²) in [7, 11) is 1.49. The van der Waals surface area contributed by atoms with E-state index in [9.17, 15) is 14.3 Å². The maximum atomic E-state index is 13.6. The molecule has 2 N–H and O–H groups in total. The zero-order chi connectivity index (χ0) is 15.7. The molecule has 120 valence electrons. The van der Waals surface area contributed by atoms with Gasteiger partial charge < -0.3 is 15.2 Å². The Morgan fingerprint density at radius 1 is 1.41 bits per heavy atom. The molecule has 1 aromatic rings. The molecule has 0 radical (unpaired) electrons. The number of carbonyl (C=O) groups is 1. The number of aliphatic hydroxyl groups is 1. The largest absolute Gasteiger partial charge is 0.396 e. The van der Waals surface area contributed by atoms with E-state index in [4.69, 9.17) is 4.74 Å². The molecule has 2 aliphatic rings. The Morgan fingerprint density at radius 3 is 2.91 bits per heavy atom. The number of rotatable bonds is 5. The van der Waals surface area contributed by atoms with Crippen molar-refractivity contribution in [3.05, 3.63) is 35.1 Å². The van der Waals surface area contributed by atoms with Crippen molar-refractivity contribution in [2.24, 2.45) is 17.8 Å². The number of hydrogen-bond donors (Lipinski definition) is 2. The monoisotopic (exact) mass is 307 g/mol. The van der Waals surface area contributed by atoms with Crippen LogP contribution in [0.4, 0.5) is 4.39 Å². The van der Waals surface area contributed by atoms with Gasteiger partial charge in [-0.25, -0.2) is 4.39 Å². The Kier molecular flexibility index (Phi) is 4.45. The number of amides is 1. The number of nitrogens with one attached hydrogen (secondary N) is 1. The van der Waals surface area contributed by atoms with Crippen molar-refractivity contribution < 1.29 is 19.0 Å². The smallest absolute Gasteiger partial charge is 0.251 e. The summed E-state index contributed by atoms with van der Waals surface area (Å²) in [4.78, 5) is 12.5. The maximum Gasteiger partial charge on any atom is 0.251 e. The fourth-order valence-electron chi connectivity index (χ4n) is 4.11. The summed E-state index contributed by atoms with van der Waals surface area (Å²) in [6, 6.07) is 4.36. The minimum atomic E-state index is -0.369. The van der Waals surface area contributed by atoms with Crippen molar-refractivity contribution in [1.82, 2.24) is 5.32 Å². The first-order valence-electron chi connectivity index (χ1n) is 7.83. The molecule has 3 rings (SSSR count). The van der Waals surface area contributed by atoms with E-state index in [1.54, 1.807) is 0 Å². The fraction of sp³-hybridized carbons (Fsp3) is 0.588. The Hall–Kier alpha value is -1.46. The van der Waals surface area contributed by atoms with Gasteiger partial charge in [0.1, 0.15) is 5.82 Å². The van der Waals surface area contributed by atoms with Crippen LogP contribution >= 0.6 is 0 Å². The molecule has 4 atom stereocenters. The van der Waals surface area contributed by atoms with Crippen LogP contribution in [-0.4, -0.2) is 30.8 Å². The Bertz CT molecular complexity index is 563. The quantitative estimate of drug-likeness (QED) is 0.876. The van der Waals surface area contributed by atoms with Crippen LogP contribution in [0, 0.1) is 23.6 Å². The summed E-state index contributed by atoms with van der Waals surface area (Å²) >= 11 is 0. The number of carbonyl (C=O) groups excluding carboxylic acids is 1. The van der Waals surface area contributed by atoms with Crippen LogP contribution in [0.3, 0.4) is 0 Å². The van der Waals surface area contributed by atoms with Gasteiger partial charge in [-0.05, 0) is 49.3 Å². The maximum absolute atomic E-state index is 13.6. The van der Waals surface area contributed by atoms with Gasteiger partial charge in [0.25, 0.3) is 5.91 Å². The van der Waals surface area contributed by atoms with Gasteiger partial charge in [0.2, 0.25) is 0 Å². The molecule has 2 bridgehead atoms. The third-order valence-corrected chi connectivity index (χ3v) is 5.20. The molecule has 0 heterocycles. The van der Waals surface area contributed by atoms with Gasteiger partial charge >= 0.3 is 0 Å². The molecule has 1 aromatic carbocycles. The van der Waals surface area contributed by atoms with E-state index in [2.05, 4.69) is 5.32 Å². The van der Waals surface area contributed by atoms with Gasteiger partial charge in [0, 0.05) is 36.8 Å². The standard InChI is InChI=1S/C17H22FNO3/c1-22-9-13-7-12(4-5-15(13)18)17(21)19-16-11-3-2-10(6-11)14(16)8-20/h4-5,7,10-11,14,16,20H,2-3,6,8-9H2,1H3,(H,19,21). The number of benzene rings is 1. The highest BCUT2D eigenvalue weighted by Crippen LogP contribution is 2.48. The predicted octanol–water partition coefficient (Wildman–Crippen LogP) is 2.11. The van der Waals surface area contributed by atoms with Crippen molar-refractivity contribution in [1.29, 1.82) is 0 Å². The van der Waals surface area contributed by atoms with Crippen molar-refractivity contribution in [3.63, 3.8) is 0 Å². The van der Waals surface area contributed by atoms with E-state index in [0.29, 0.717) is 23.0 Å². The lowest BCUT2D eigenvalue weighted by atomic mass is 9.85. The van der Waals surface area contributed by atoms with E-state index < -0.39 is 0 Å². The molecule has 0 aliphatic heterocycles. The van der Waals surface area contributed by atoms with Gasteiger partial charge in [-0.15, -0.1) is 0 Å². The van der Waals surface area contributed by atoms with Crippen molar-refractivity contribution >= 4 is 5.91 Å². The minimum absolute atomic E-state index is 0.0344. The van der Waals surface area contributed by atoms with Crippen LogP contribution < -0.4 is 5.32 Å². The Balaban J connectivity index is 1.73. The number of aliphatic hydroxyl groups excluding tert-OH is 1. The molecular formula is C17H22FNO3. The summed E-state index contributed by atoms with van der Waals surface area (Å²) in [5, 5.41) is 12.6. The average Bonchev–Trinajstić information content (AvgIpc) is 3.10. The minimum Gasteiger partial charge on any atom is -0.396 e. The Labute approximate surface area is 129 Å². The molecule has 4 nitrogen and oxygen atoms in total. The SMILES string of the molecule is COCc1cc(C(=O)NC2C3CCC(C3)C2CO)ccc1F. The highest BCUT2D eigenvalue weighted by atomic mass is 19.1. The van der Waals surface area contributed by atoms with E-state index >= 15 is 0 Å². The van der Waals surface area contributed by atoms with Crippen LogP contribution in [0.1, 0.15) is 35.2 Å². The van der Waals surface area contributed by atoms with Gasteiger partial charge in [0.05, 0.1) is 6.61 Å². The molecule has 2 aliphatic carbocycles. The third kappa shape index (κ3) is 2.75. The molecule has 0 aromatic heterocycles. The second-order valence-corrected chi connectivity index (χ2v) is 6.42. The topological polar surface area (TPSA) is 58.6 Å². The molecule has 2 saturated carbocycles. The van der Waals surface area contributed by atoms with Gasteiger partial charge in [-0.2, -0.15) is 0 Å². The van der Waals surface area contributed by atoms with Gasteiger partial charge in [-0.1, -0.05) is 0 Å². The molecule has 0 saturated heterocycles. The molecule has 4 unspecified atom stereocenters. The lowest BCUT2D eigenvalue weighted by Gasteiger charge is -2.30. The van der Waals surface area contributed by atoms with E-state index in [1.807, 2.05) is 0 Å². The van der Waals surface area contributed by atoms with Crippen LogP contribution in [0.5, 0.6) is 0 Å². The molecule has 5 heteroatoms. The zero-order valence-electron chi connectivity index (χ0n) is 12.7. The number of halogens is 1. The van der Waals surface area contributed by atoms with Crippen molar-refractivity contribution in [2.45, 2.75) is 31.9 Å². The second-order valence-electron chi connectivity index (χ2n) is 6.42. The fourth-order valence-corrected chi connectivity index (χ4v) is 4.11. The second kappa shape index (κ2) is 6.34. The summed E-state index contributed by atoms with van der Waals surface area (Å²) in [5.74, 6) is 0.573. The first-order valence-corrected chi connectivity index (χ1v) is 7.83. The lowest BCUT2D eigenvalue weighted by Crippen LogP contribution is -2.45. The summed E-state index contributed by atoms with van der Waals surface area (Å²) < 4.78 is 18.6. The molecular weight excluding hydrogens is 285 g/mol. The van der Waals surface area contributed by atoms with Crippen molar-refractivity contribution in [3.8, 4) is 0 Å². The average molecular weight is 307 g/mol. The number of hydrogen-bond acceptors (Lipinski definition) is 3. The lowest BCUT2D eigenvalue weighted by molar-refractivity contribution is 0.0861. The molecule has 1 amide bonds. The summed E-state index contributed by atoms with van der Waals surface area (Å²) in [5.41, 5.74) is 0.815. The van der Waals surface area contributed by atoms with Crippen LogP contribution in [0.25, 0.3) is 0 Å². The van der Waals surface area contributed by atoms with E-state index in [1.165, 1.54) is 25.3 Å². The Morgan fingerprint density at radius 2 is 2.18 bits per heavy atom. The highest BCUT2D eigenvalue weighted by molar-refractivity contribution is 5.94. The number of ether oxygens (including phenoxy) is 1. The normalized spacial score (nSPS) is 29.8. The third-order valence-electron chi connectivity index (χ3n) is 5.20. The number of fused-ring (bicyclic) bond motifs is 2. The first-order chi connectivity index (χ1) is 10.6. The molecule has 0 spiro atoms. The van der Waals surface area contributed by atoms with Crippen LogP contribution in [0.2, 0.25) is 0 Å². The van der Waals surface area contributed by atoms with Crippen LogP contribution in [0.15, 0.2) is 18.2 Å². The summed E-state index contributed by atoms with van der Waals surface area (Å²) in [6.45, 7) is 0.255. The first kappa shape index (κ1) is 15.4. The highest BCUT2D eigenvalue weighted by Gasteiger charge is 2.47. The van der Waals surface area contributed by atoms with E-state index in [-0.39, 0.29) is 36.9 Å². The van der Waals surface area contributed by atoms with Gasteiger partial charge in [-0.3, -0.25) is 4.79 Å². The molecule has 2 fully saturated rings. The van der Waals surface area contributed by atoms with E-state index in [0.717, 1.165) is 19.3 Å². The molecule has 22 heavy (non-hydrogen) atoms. The van der Waals surface area contributed by atoms with Crippen molar-refractivity contribution in [2.75, 3.05) is 13.7 Å². The zero-order valence-corrected chi connectivity index (χ0v) is 12.7.